The van der Waals surface area contributed by atoms with Gasteiger partial charge >= 0.3 is 0 Å². The molecule has 8 nitrogen and oxygen atoms in total. The number of hydrogen-bond donors (Lipinski definition) is 3. The summed E-state index contributed by atoms with van der Waals surface area (Å²) in [7, 11) is 0. The standard InChI is InChI=1S/C17H35NO7/c1-2-3-17(21)4-6-22-8-10-24-12-13-25-11-9-23-7-5-18-16(14-19)15-20/h16,18-20H,2-15H2,1H3. The van der Waals surface area contributed by atoms with E-state index in [4.69, 9.17) is 29.2 Å². The molecule has 0 saturated carbocycles. The van der Waals surface area contributed by atoms with Gasteiger partial charge in [-0.1, -0.05) is 6.92 Å². The first kappa shape index (κ1) is 24.4. The summed E-state index contributed by atoms with van der Waals surface area (Å²) in [5.41, 5.74) is 0. The van der Waals surface area contributed by atoms with Crippen molar-refractivity contribution >= 4 is 5.78 Å². The molecule has 0 atom stereocenters. The summed E-state index contributed by atoms with van der Waals surface area (Å²) in [5, 5.41) is 20.7. The molecule has 0 heterocycles. The minimum atomic E-state index is -0.294. The zero-order valence-corrected chi connectivity index (χ0v) is 15.4. The largest absolute Gasteiger partial charge is 0.395 e. The molecule has 0 fully saturated rings. The molecule has 0 unspecified atom stereocenters. The molecule has 0 aromatic carbocycles. The first-order chi connectivity index (χ1) is 12.2. The third-order valence-electron chi connectivity index (χ3n) is 3.29. The van der Waals surface area contributed by atoms with Gasteiger partial charge in [0.2, 0.25) is 0 Å². The van der Waals surface area contributed by atoms with Crippen molar-refractivity contribution in [3.05, 3.63) is 0 Å². The molecule has 0 spiro atoms. The van der Waals surface area contributed by atoms with Crippen molar-refractivity contribution in [1.82, 2.24) is 5.32 Å². The smallest absolute Gasteiger partial charge is 0.135 e. The summed E-state index contributed by atoms with van der Waals surface area (Å²) in [4.78, 5) is 11.3. The van der Waals surface area contributed by atoms with Crippen molar-refractivity contribution in [2.45, 2.75) is 32.2 Å². The third-order valence-corrected chi connectivity index (χ3v) is 3.29. The van der Waals surface area contributed by atoms with Crippen LogP contribution in [0.4, 0.5) is 0 Å². The summed E-state index contributed by atoms with van der Waals surface area (Å²) in [6, 6.07) is -0.294. The molecule has 0 aromatic heterocycles. The monoisotopic (exact) mass is 365 g/mol. The second-order valence-electron chi connectivity index (χ2n) is 5.50. The van der Waals surface area contributed by atoms with Gasteiger partial charge in [0.15, 0.2) is 0 Å². The SMILES string of the molecule is CCCC(=O)CCOCCOCCOCCOCCNC(CO)CO. The molecule has 25 heavy (non-hydrogen) atoms. The van der Waals surface area contributed by atoms with Crippen LogP contribution >= 0.6 is 0 Å². The van der Waals surface area contributed by atoms with E-state index in [0.717, 1.165) is 6.42 Å². The average Bonchev–Trinajstić information content (AvgIpc) is 2.62. The van der Waals surface area contributed by atoms with Crippen LogP contribution in [-0.4, -0.2) is 94.7 Å². The second kappa shape index (κ2) is 19.7. The van der Waals surface area contributed by atoms with E-state index in [2.05, 4.69) is 5.32 Å². The van der Waals surface area contributed by atoms with Crippen LogP contribution in [0, 0.1) is 0 Å². The Kier molecular flexibility index (Phi) is 19.2. The Morgan fingerprint density at radius 1 is 0.800 bits per heavy atom. The Labute approximate surface area is 150 Å². The fourth-order valence-electron chi connectivity index (χ4n) is 1.87. The predicted molar refractivity (Wildman–Crippen MR) is 93.8 cm³/mol. The molecule has 0 rings (SSSR count). The van der Waals surface area contributed by atoms with Crippen molar-refractivity contribution in [2.24, 2.45) is 0 Å². The highest BCUT2D eigenvalue weighted by atomic mass is 16.6. The molecule has 8 heteroatoms. The first-order valence-corrected chi connectivity index (χ1v) is 9.02. The Bertz CT molecular complexity index is 288. The Hall–Kier alpha value is -0.610. The molecule has 0 aliphatic carbocycles. The zero-order valence-electron chi connectivity index (χ0n) is 15.4. The third kappa shape index (κ3) is 18.0. The van der Waals surface area contributed by atoms with E-state index in [1.54, 1.807) is 0 Å². The number of carbonyl (C=O) groups is 1. The van der Waals surface area contributed by atoms with Crippen LogP contribution in [0.2, 0.25) is 0 Å². The van der Waals surface area contributed by atoms with Gasteiger partial charge in [-0.25, -0.2) is 0 Å². The van der Waals surface area contributed by atoms with Crippen LogP contribution < -0.4 is 5.32 Å². The highest BCUT2D eigenvalue weighted by Gasteiger charge is 2.03. The van der Waals surface area contributed by atoms with Gasteiger partial charge in [0.25, 0.3) is 0 Å². The van der Waals surface area contributed by atoms with Gasteiger partial charge in [0, 0.05) is 19.4 Å². The van der Waals surface area contributed by atoms with E-state index in [1.807, 2.05) is 6.92 Å². The van der Waals surface area contributed by atoms with E-state index in [9.17, 15) is 4.79 Å². The lowest BCUT2D eigenvalue weighted by atomic mass is 10.2. The molecule has 0 amide bonds. The molecule has 0 aromatic rings. The predicted octanol–water partition coefficient (Wildman–Crippen LogP) is -0.245. The van der Waals surface area contributed by atoms with Gasteiger partial charge in [-0.05, 0) is 6.42 Å². The van der Waals surface area contributed by atoms with Gasteiger partial charge in [-0.3, -0.25) is 4.79 Å². The van der Waals surface area contributed by atoms with E-state index < -0.39 is 0 Å². The van der Waals surface area contributed by atoms with Crippen LogP contribution in [0.15, 0.2) is 0 Å². The van der Waals surface area contributed by atoms with Gasteiger partial charge in [0.1, 0.15) is 5.78 Å². The Morgan fingerprint density at radius 2 is 1.28 bits per heavy atom. The van der Waals surface area contributed by atoms with Gasteiger partial charge in [-0.2, -0.15) is 0 Å². The van der Waals surface area contributed by atoms with Crippen LogP contribution in [0.3, 0.4) is 0 Å². The second-order valence-corrected chi connectivity index (χ2v) is 5.50. The molecular weight excluding hydrogens is 330 g/mol. The number of Topliss-reactive ketones (excluding diaryl/α,β-unsaturated/α-hetero) is 1. The van der Waals surface area contributed by atoms with Crippen molar-refractivity contribution in [1.29, 1.82) is 0 Å². The lowest BCUT2D eigenvalue weighted by Gasteiger charge is -2.13. The van der Waals surface area contributed by atoms with E-state index in [0.29, 0.717) is 72.2 Å². The number of ketones is 1. The fourth-order valence-corrected chi connectivity index (χ4v) is 1.87. The maximum absolute atomic E-state index is 11.3. The highest BCUT2D eigenvalue weighted by Crippen LogP contribution is 1.94. The van der Waals surface area contributed by atoms with E-state index in [-0.39, 0.29) is 25.0 Å². The number of aliphatic hydroxyl groups is 2. The van der Waals surface area contributed by atoms with E-state index in [1.165, 1.54) is 0 Å². The number of hydrogen-bond acceptors (Lipinski definition) is 8. The summed E-state index contributed by atoms with van der Waals surface area (Å²) >= 11 is 0. The first-order valence-electron chi connectivity index (χ1n) is 9.02. The molecular formula is C17H35NO7. The molecule has 0 aliphatic rings. The van der Waals surface area contributed by atoms with Crippen LogP contribution in [-0.2, 0) is 23.7 Å². The van der Waals surface area contributed by atoms with Crippen molar-refractivity contribution < 1.29 is 34.0 Å². The number of nitrogens with one attached hydrogen (secondary N) is 1. The van der Waals surface area contributed by atoms with E-state index >= 15 is 0 Å². The topological polar surface area (TPSA) is 106 Å². The average molecular weight is 365 g/mol. The lowest BCUT2D eigenvalue weighted by molar-refractivity contribution is -0.120. The zero-order chi connectivity index (χ0) is 18.6. The minimum Gasteiger partial charge on any atom is -0.395 e. The molecule has 0 radical (unpaired) electrons. The number of carbonyl (C=O) groups excluding carboxylic acids is 1. The lowest BCUT2D eigenvalue weighted by Crippen LogP contribution is -2.37. The summed E-state index contributed by atoms with van der Waals surface area (Å²) < 4.78 is 21.4. The van der Waals surface area contributed by atoms with Crippen molar-refractivity contribution in [3.63, 3.8) is 0 Å². The van der Waals surface area contributed by atoms with Gasteiger partial charge in [-0.15, -0.1) is 0 Å². The van der Waals surface area contributed by atoms with Gasteiger partial charge < -0.3 is 34.5 Å². The maximum atomic E-state index is 11.3. The maximum Gasteiger partial charge on any atom is 0.135 e. The van der Waals surface area contributed by atoms with Crippen LogP contribution in [0.5, 0.6) is 0 Å². The molecule has 150 valence electrons. The van der Waals surface area contributed by atoms with Crippen molar-refractivity contribution in [2.75, 3.05) is 72.6 Å². The van der Waals surface area contributed by atoms with Crippen LogP contribution in [0.25, 0.3) is 0 Å². The van der Waals surface area contributed by atoms with Crippen LogP contribution in [0.1, 0.15) is 26.2 Å². The fraction of sp³-hybridized carbons (Fsp3) is 0.941. The van der Waals surface area contributed by atoms with Gasteiger partial charge in [0.05, 0.1) is 72.1 Å². The normalized spacial score (nSPS) is 11.4. The molecule has 0 saturated heterocycles. The Morgan fingerprint density at radius 3 is 1.76 bits per heavy atom. The number of aliphatic hydroxyl groups excluding tert-OH is 2. The Balaban J connectivity index is 3.11. The summed E-state index contributed by atoms with van der Waals surface area (Å²) in [5.74, 6) is 0.247. The summed E-state index contributed by atoms with van der Waals surface area (Å²) in [6.07, 6.45) is 1.99. The van der Waals surface area contributed by atoms with Crippen molar-refractivity contribution in [3.8, 4) is 0 Å². The quantitative estimate of drug-likeness (QED) is 0.254. The minimum absolute atomic E-state index is 0.0956. The summed E-state index contributed by atoms with van der Waals surface area (Å²) in [6.45, 7) is 6.26. The molecule has 3 N–H and O–H groups in total. The number of ether oxygens (including phenoxy) is 4. The molecule has 0 bridgehead atoms. The number of rotatable bonds is 20. The highest BCUT2D eigenvalue weighted by molar-refractivity contribution is 5.78. The molecule has 0 aliphatic heterocycles.